The standard InChI is InChI=1S/C17H22N2O4/c1-22-15-4-2-13(3-5-15)6-9-18-17(21)19-10-7-16(20)14-8-11-23-12-14/h2-5,8,11-12,16,20H,6-7,9-10H2,1H3,(H2,18,19,21)/t16-/m0/s1. The van der Waals surface area contributed by atoms with Crippen molar-refractivity contribution in [3.05, 3.63) is 54.0 Å². The number of hydrogen-bond acceptors (Lipinski definition) is 4. The van der Waals surface area contributed by atoms with Gasteiger partial charge in [-0.2, -0.15) is 0 Å². The van der Waals surface area contributed by atoms with E-state index >= 15 is 0 Å². The summed E-state index contributed by atoms with van der Waals surface area (Å²) in [5.74, 6) is 0.815. The Balaban J connectivity index is 1.59. The van der Waals surface area contributed by atoms with Crippen LogP contribution in [0.15, 0.2) is 47.3 Å². The lowest BCUT2D eigenvalue weighted by atomic mass is 10.1. The summed E-state index contributed by atoms with van der Waals surface area (Å²) in [4.78, 5) is 11.7. The molecule has 0 aliphatic heterocycles. The van der Waals surface area contributed by atoms with Crippen LogP contribution >= 0.6 is 0 Å². The second-order valence-corrected chi connectivity index (χ2v) is 5.14. The number of ether oxygens (including phenoxy) is 1. The van der Waals surface area contributed by atoms with E-state index in [0.29, 0.717) is 25.1 Å². The first kappa shape index (κ1) is 16.9. The first-order valence-corrected chi connectivity index (χ1v) is 7.54. The van der Waals surface area contributed by atoms with Gasteiger partial charge in [0.1, 0.15) is 5.75 Å². The zero-order valence-corrected chi connectivity index (χ0v) is 13.1. The minimum atomic E-state index is -0.631. The lowest BCUT2D eigenvalue weighted by Gasteiger charge is -2.10. The molecule has 2 aromatic rings. The van der Waals surface area contributed by atoms with Gasteiger partial charge in [0, 0.05) is 18.7 Å². The van der Waals surface area contributed by atoms with Crippen LogP contribution in [0.3, 0.4) is 0 Å². The quantitative estimate of drug-likeness (QED) is 0.697. The van der Waals surface area contributed by atoms with E-state index in [4.69, 9.17) is 9.15 Å². The monoisotopic (exact) mass is 318 g/mol. The lowest BCUT2D eigenvalue weighted by Crippen LogP contribution is -2.37. The lowest BCUT2D eigenvalue weighted by molar-refractivity contribution is 0.166. The minimum Gasteiger partial charge on any atom is -0.497 e. The molecule has 0 aliphatic carbocycles. The molecule has 1 aromatic heterocycles. The molecule has 6 heteroatoms. The van der Waals surface area contributed by atoms with Crippen molar-refractivity contribution in [3.63, 3.8) is 0 Å². The van der Waals surface area contributed by atoms with E-state index in [2.05, 4.69) is 10.6 Å². The summed E-state index contributed by atoms with van der Waals surface area (Å²) in [6.07, 6.45) is 3.56. The number of aliphatic hydroxyl groups is 1. The Morgan fingerprint density at radius 3 is 2.61 bits per heavy atom. The molecule has 0 saturated heterocycles. The molecule has 0 spiro atoms. The summed E-state index contributed by atoms with van der Waals surface area (Å²) in [6.45, 7) is 0.934. The number of furan rings is 1. The highest BCUT2D eigenvalue weighted by Crippen LogP contribution is 2.15. The highest BCUT2D eigenvalue weighted by Gasteiger charge is 2.09. The molecule has 1 heterocycles. The third kappa shape index (κ3) is 5.67. The first-order valence-electron chi connectivity index (χ1n) is 7.54. The van der Waals surface area contributed by atoms with Crippen molar-refractivity contribution in [1.82, 2.24) is 10.6 Å². The van der Waals surface area contributed by atoms with Crippen LogP contribution in [0.2, 0.25) is 0 Å². The Morgan fingerprint density at radius 2 is 1.96 bits per heavy atom. The smallest absolute Gasteiger partial charge is 0.314 e. The third-order valence-corrected chi connectivity index (χ3v) is 3.49. The molecule has 2 rings (SSSR count). The molecule has 1 atom stereocenters. The van der Waals surface area contributed by atoms with Crippen LogP contribution in [-0.4, -0.2) is 31.3 Å². The highest BCUT2D eigenvalue weighted by atomic mass is 16.5. The van der Waals surface area contributed by atoms with Gasteiger partial charge in [-0.3, -0.25) is 0 Å². The van der Waals surface area contributed by atoms with E-state index in [1.165, 1.54) is 12.5 Å². The molecule has 124 valence electrons. The molecule has 0 fully saturated rings. The second kappa shape index (κ2) is 8.85. The molecule has 0 saturated carbocycles. The summed E-state index contributed by atoms with van der Waals surface area (Å²) in [5, 5.41) is 15.4. The van der Waals surface area contributed by atoms with Crippen LogP contribution in [-0.2, 0) is 6.42 Å². The molecular formula is C17H22N2O4. The second-order valence-electron chi connectivity index (χ2n) is 5.14. The van der Waals surface area contributed by atoms with E-state index in [9.17, 15) is 9.90 Å². The SMILES string of the molecule is COc1ccc(CCNC(=O)NCC[C@H](O)c2ccoc2)cc1. The van der Waals surface area contributed by atoms with Gasteiger partial charge in [-0.25, -0.2) is 4.79 Å². The normalized spacial score (nSPS) is 11.7. The fourth-order valence-corrected chi connectivity index (χ4v) is 2.13. The summed E-state index contributed by atoms with van der Waals surface area (Å²) < 4.78 is 10.0. The number of methoxy groups -OCH3 is 1. The molecule has 0 bridgehead atoms. The van der Waals surface area contributed by atoms with Crippen molar-refractivity contribution < 1.29 is 19.1 Å². The maximum absolute atomic E-state index is 11.7. The van der Waals surface area contributed by atoms with E-state index in [-0.39, 0.29) is 6.03 Å². The number of carbonyl (C=O) groups is 1. The largest absolute Gasteiger partial charge is 0.497 e. The highest BCUT2D eigenvalue weighted by molar-refractivity contribution is 5.73. The topological polar surface area (TPSA) is 83.7 Å². The van der Waals surface area contributed by atoms with Gasteiger partial charge in [0.2, 0.25) is 0 Å². The predicted molar refractivity (Wildman–Crippen MR) is 86.4 cm³/mol. The van der Waals surface area contributed by atoms with Gasteiger partial charge in [-0.1, -0.05) is 12.1 Å². The zero-order chi connectivity index (χ0) is 16.5. The number of carbonyl (C=O) groups excluding carboxylic acids is 1. The number of aliphatic hydroxyl groups excluding tert-OH is 1. The van der Waals surface area contributed by atoms with E-state index in [1.54, 1.807) is 13.2 Å². The fourth-order valence-electron chi connectivity index (χ4n) is 2.13. The van der Waals surface area contributed by atoms with Crippen LogP contribution in [0.25, 0.3) is 0 Å². The van der Waals surface area contributed by atoms with Crippen molar-refractivity contribution in [2.45, 2.75) is 18.9 Å². The average Bonchev–Trinajstić information content (AvgIpc) is 3.10. The van der Waals surface area contributed by atoms with Gasteiger partial charge in [0.25, 0.3) is 0 Å². The summed E-state index contributed by atoms with van der Waals surface area (Å²) in [7, 11) is 1.63. The minimum absolute atomic E-state index is 0.238. The number of benzene rings is 1. The van der Waals surface area contributed by atoms with Crippen LogP contribution < -0.4 is 15.4 Å². The average molecular weight is 318 g/mol. The molecular weight excluding hydrogens is 296 g/mol. The Kier molecular flexibility index (Phi) is 6.50. The number of rotatable bonds is 8. The Hall–Kier alpha value is -2.47. The van der Waals surface area contributed by atoms with Crippen molar-refractivity contribution in [2.75, 3.05) is 20.2 Å². The van der Waals surface area contributed by atoms with Crippen LogP contribution in [0, 0.1) is 0 Å². The van der Waals surface area contributed by atoms with Crippen LogP contribution in [0.5, 0.6) is 5.75 Å². The van der Waals surface area contributed by atoms with Gasteiger partial charge in [-0.05, 0) is 36.6 Å². The summed E-state index contributed by atoms with van der Waals surface area (Å²) in [6, 6.07) is 9.20. The van der Waals surface area contributed by atoms with Gasteiger partial charge < -0.3 is 24.9 Å². The molecule has 0 radical (unpaired) electrons. The molecule has 0 aliphatic rings. The maximum Gasteiger partial charge on any atom is 0.314 e. The van der Waals surface area contributed by atoms with Crippen molar-refractivity contribution in [3.8, 4) is 5.75 Å². The number of urea groups is 1. The molecule has 0 unspecified atom stereocenters. The molecule has 6 nitrogen and oxygen atoms in total. The third-order valence-electron chi connectivity index (χ3n) is 3.49. The van der Waals surface area contributed by atoms with Gasteiger partial charge >= 0.3 is 6.03 Å². The molecule has 23 heavy (non-hydrogen) atoms. The van der Waals surface area contributed by atoms with Crippen molar-refractivity contribution >= 4 is 6.03 Å². The van der Waals surface area contributed by atoms with Gasteiger partial charge in [0.05, 0.1) is 25.7 Å². The number of hydrogen-bond donors (Lipinski definition) is 3. The van der Waals surface area contributed by atoms with E-state index < -0.39 is 6.10 Å². The maximum atomic E-state index is 11.7. The summed E-state index contributed by atoms with van der Waals surface area (Å²) >= 11 is 0. The van der Waals surface area contributed by atoms with Gasteiger partial charge in [-0.15, -0.1) is 0 Å². The Labute approximate surface area is 135 Å². The summed E-state index contributed by atoms with van der Waals surface area (Å²) in [5.41, 5.74) is 1.84. The predicted octanol–water partition coefficient (Wildman–Crippen LogP) is 2.25. The van der Waals surface area contributed by atoms with Crippen LogP contribution in [0.4, 0.5) is 4.79 Å². The molecule has 1 aromatic carbocycles. The fraction of sp³-hybridized carbons (Fsp3) is 0.353. The first-order chi connectivity index (χ1) is 11.2. The van der Waals surface area contributed by atoms with E-state index in [1.807, 2.05) is 24.3 Å². The number of nitrogens with one attached hydrogen (secondary N) is 2. The Bertz CT molecular complexity index is 581. The van der Waals surface area contributed by atoms with E-state index in [0.717, 1.165) is 17.7 Å². The van der Waals surface area contributed by atoms with Gasteiger partial charge in [0.15, 0.2) is 0 Å². The van der Waals surface area contributed by atoms with Crippen molar-refractivity contribution in [1.29, 1.82) is 0 Å². The number of amides is 2. The molecule has 2 amide bonds. The molecule has 3 N–H and O–H groups in total. The van der Waals surface area contributed by atoms with Crippen LogP contribution in [0.1, 0.15) is 23.7 Å². The zero-order valence-electron chi connectivity index (χ0n) is 13.1. The van der Waals surface area contributed by atoms with Crippen molar-refractivity contribution in [2.24, 2.45) is 0 Å². The Morgan fingerprint density at radius 1 is 1.22 bits per heavy atom.